The molecule has 6 heteroatoms. The van der Waals surface area contributed by atoms with Crippen LogP contribution in [-0.4, -0.2) is 22.6 Å². The number of thiophene rings is 1. The van der Waals surface area contributed by atoms with Crippen LogP contribution in [0.15, 0.2) is 12.3 Å². The Morgan fingerprint density at radius 2 is 2.29 bits per heavy atom. The number of fused-ring (bicyclic) bond motifs is 1. The Balaban J connectivity index is 1.70. The van der Waals surface area contributed by atoms with Crippen molar-refractivity contribution in [1.82, 2.24) is 15.5 Å². The molecule has 1 aliphatic carbocycles. The van der Waals surface area contributed by atoms with Crippen molar-refractivity contribution in [3.63, 3.8) is 0 Å². The molecule has 2 aromatic rings. The molecule has 0 bridgehead atoms. The summed E-state index contributed by atoms with van der Waals surface area (Å²) in [6.07, 6.45) is 6.64. The summed E-state index contributed by atoms with van der Waals surface area (Å²) in [4.78, 5) is 13.6. The maximum atomic E-state index is 12.4. The summed E-state index contributed by atoms with van der Waals surface area (Å²) in [5, 5.41) is 11.7. The third kappa shape index (κ3) is 2.85. The van der Waals surface area contributed by atoms with E-state index >= 15 is 0 Å². The molecule has 1 saturated carbocycles. The zero-order chi connectivity index (χ0) is 14.8. The van der Waals surface area contributed by atoms with Crippen LogP contribution in [-0.2, 0) is 0 Å². The van der Waals surface area contributed by atoms with Crippen LogP contribution in [0, 0.1) is 11.8 Å². The second kappa shape index (κ2) is 5.97. The van der Waals surface area contributed by atoms with E-state index in [4.69, 9.17) is 5.73 Å². The van der Waals surface area contributed by atoms with E-state index < -0.39 is 0 Å². The van der Waals surface area contributed by atoms with Crippen LogP contribution in [0.5, 0.6) is 0 Å². The van der Waals surface area contributed by atoms with Crippen molar-refractivity contribution in [2.45, 2.75) is 32.6 Å². The van der Waals surface area contributed by atoms with Crippen molar-refractivity contribution >= 4 is 33.1 Å². The van der Waals surface area contributed by atoms with Crippen molar-refractivity contribution in [1.29, 1.82) is 0 Å². The van der Waals surface area contributed by atoms with E-state index in [2.05, 4.69) is 22.4 Å². The maximum absolute atomic E-state index is 12.4. The molecule has 112 valence electrons. The number of carbonyl (C=O) groups is 1. The minimum atomic E-state index is -0.0896. The van der Waals surface area contributed by atoms with Gasteiger partial charge in [-0.25, -0.2) is 0 Å². The van der Waals surface area contributed by atoms with E-state index in [1.807, 2.05) is 0 Å². The average Bonchev–Trinajstić information content (AvgIpc) is 2.84. The van der Waals surface area contributed by atoms with E-state index in [1.165, 1.54) is 37.0 Å². The summed E-state index contributed by atoms with van der Waals surface area (Å²) in [5.41, 5.74) is 6.57. The number of nitrogens with two attached hydrogens (primary N) is 1. The van der Waals surface area contributed by atoms with Crippen LogP contribution in [0.1, 0.15) is 42.3 Å². The van der Waals surface area contributed by atoms with Crippen LogP contribution < -0.4 is 11.1 Å². The summed E-state index contributed by atoms with van der Waals surface area (Å²) >= 11 is 1.31. The first-order valence-electron chi connectivity index (χ1n) is 7.44. The number of carbonyl (C=O) groups excluding carboxylic acids is 1. The number of aromatic nitrogens is 2. The highest BCUT2D eigenvalue weighted by atomic mass is 32.1. The third-order valence-electron chi connectivity index (χ3n) is 4.44. The van der Waals surface area contributed by atoms with Crippen LogP contribution in [0.3, 0.4) is 0 Å². The van der Waals surface area contributed by atoms with Crippen LogP contribution in [0.25, 0.3) is 10.2 Å². The Hall–Kier alpha value is -1.69. The van der Waals surface area contributed by atoms with E-state index in [0.717, 1.165) is 11.9 Å². The Labute approximate surface area is 127 Å². The molecule has 2 aromatic heterocycles. The molecule has 0 saturated heterocycles. The molecule has 2 unspecified atom stereocenters. The molecule has 0 aromatic carbocycles. The number of anilines is 1. The van der Waals surface area contributed by atoms with E-state index in [1.54, 1.807) is 12.3 Å². The number of hydrogen-bond donors (Lipinski definition) is 2. The van der Waals surface area contributed by atoms with Gasteiger partial charge in [0.1, 0.15) is 9.71 Å². The summed E-state index contributed by atoms with van der Waals surface area (Å²) in [6.45, 7) is 3.01. The van der Waals surface area contributed by atoms with Gasteiger partial charge in [-0.05, 0) is 24.3 Å². The number of amides is 1. The van der Waals surface area contributed by atoms with Crippen LogP contribution in [0.2, 0.25) is 0 Å². The third-order valence-corrected chi connectivity index (χ3v) is 5.54. The van der Waals surface area contributed by atoms with Crippen molar-refractivity contribution < 1.29 is 4.79 Å². The molecule has 3 N–H and O–H groups in total. The standard InChI is InChI=1S/C15H20N4OS/c1-9-4-2-3-5-10(9)8-17-14(20)13-12(16)11-6-7-18-19-15(11)21-13/h6-7,9-10H,2-5,8,16H2,1H3,(H,17,20). The van der Waals surface area contributed by atoms with Gasteiger partial charge in [-0.3, -0.25) is 4.79 Å². The molecule has 0 radical (unpaired) electrons. The van der Waals surface area contributed by atoms with Gasteiger partial charge in [-0.2, -0.15) is 5.10 Å². The molecule has 1 fully saturated rings. The lowest BCUT2D eigenvalue weighted by atomic mass is 9.80. The molecule has 1 aliphatic rings. The first-order chi connectivity index (χ1) is 10.2. The highest BCUT2D eigenvalue weighted by molar-refractivity contribution is 7.21. The maximum Gasteiger partial charge on any atom is 0.263 e. The van der Waals surface area contributed by atoms with Gasteiger partial charge in [0.25, 0.3) is 5.91 Å². The lowest BCUT2D eigenvalue weighted by molar-refractivity contribution is 0.0941. The molecule has 2 heterocycles. The fraction of sp³-hybridized carbons (Fsp3) is 0.533. The van der Waals surface area contributed by atoms with Gasteiger partial charge in [0.15, 0.2) is 0 Å². The molecule has 0 spiro atoms. The van der Waals surface area contributed by atoms with Gasteiger partial charge < -0.3 is 11.1 Å². The molecular formula is C15H20N4OS. The summed E-state index contributed by atoms with van der Waals surface area (Å²) in [5.74, 6) is 1.18. The van der Waals surface area contributed by atoms with Crippen molar-refractivity contribution in [3.8, 4) is 0 Å². The molecule has 21 heavy (non-hydrogen) atoms. The number of nitrogen functional groups attached to an aromatic ring is 1. The van der Waals surface area contributed by atoms with Gasteiger partial charge in [0.05, 0.1) is 11.9 Å². The average molecular weight is 304 g/mol. The second-order valence-corrected chi connectivity index (χ2v) is 6.83. The Bertz CT molecular complexity index is 654. The fourth-order valence-electron chi connectivity index (χ4n) is 3.04. The SMILES string of the molecule is CC1CCCCC1CNC(=O)c1sc2nnccc2c1N. The summed E-state index contributed by atoms with van der Waals surface area (Å²) < 4.78 is 0. The van der Waals surface area contributed by atoms with E-state index in [-0.39, 0.29) is 5.91 Å². The highest BCUT2D eigenvalue weighted by Crippen LogP contribution is 2.32. The molecule has 0 aliphatic heterocycles. The van der Waals surface area contributed by atoms with Crippen molar-refractivity contribution in [3.05, 3.63) is 17.1 Å². The molecule has 1 amide bonds. The van der Waals surface area contributed by atoms with Gasteiger partial charge in [-0.1, -0.05) is 26.2 Å². The molecule has 5 nitrogen and oxygen atoms in total. The minimum Gasteiger partial charge on any atom is -0.397 e. The molecule has 3 rings (SSSR count). The number of hydrogen-bond acceptors (Lipinski definition) is 5. The summed E-state index contributed by atoms with van der Waals surface area (Å²) in [6, 6.07) is 1.80. The van der Waals surface area contributed by atoms with Crippen LogP contribution in [0.4, 0.5) is 5.69 Å². The highest BCUT2D eigenvalue weighted by Gasteiger charge is 2.23. The molecular weight excluding hydrogens is 284 g/mol. The zero-order valence-corrected chi connectivity index (χ0v) is 12.9. The van der Waals surface area contributed by atoms with E-state index in [0.29, 0.717) is 27.2 Å². The first-order valence-corrected chi connectivity index (χ1v) is 8.26. The van der Waals surface area contributed by atoms with Crippen molar-refractivity contribution in [2.24, 2.45) is 11.8 Å². The van der Waals surface area contributed by atoms with Gasteiger partial charge in [-0.15, -0.1) is 16.4 Å². The largest absolute Gasteiger partial charge is 0.397 e. The van der Waals surface area contributed by atoms with E-state index in [9.17, 15) is 4.79 Å². The number of nitrogens with one attached hydrogen (secondary N) is 1. The Morgan fingerprint density at radius 1 is 1.48 bits per heavy atom. The topological polar surface area (TPSA) is 80.9 Å². The van der Waals surface area contributed by atoms with Crippen molar-refractivity contribution in [2.75, 3.05) is 12.3 Å². The van der Waals surface area contributed by atoms with Crippen LogP contribution >= 0.6 is 11.3 Å². The predicted octanol–water partition coefficient (Wildman–Crippen LogP) is 2.83. The monoisotopic (exact) mass is 304 g/mol. The predicted molar refractivity (Wildman–Crippen MR) is 85.3 cm³/mol. The number of nitrogens with zero attached hydrogens (tertiary/aromatic N) is 2. The molecule has 2 atom stereocenters. The lowest BCUT2D eigenvalue weighted by Crippen LogP contribution is -2.33. The minimum absolute atomic E-state index is 0.0896. The fourth-order valence-corrected chi connectivity index (χ4v) is 4.00. The van der Waals surface area contributed by atoms with Gasteiger partial charge >= 0.3 is 0 Å². The summed E-state index contributed by atoms with van der Waals surface area (Å²) in [7, 11) is 0. The zero-order valence-electron chi connectivity index (χ0n) is 12.1. The van der Waals surface area contributed by atoms with Gasteiger partial charge in [0, 0.05) is 11.9 Å². The lowest BCUT2D eigenvalue weighted by Gasteiger charge is -2.28. The Morgan fingerprint density at radius 3 is 3.05 bits per heavy atom. The second-order valence-electron chi connectivity index (χ2n) is 5.83. The number of rotatable bonds is 3. The first kappa shape index (κ1) is 14.3. The van der Waals surface area contributed by atoms with Gasteiger partial charge in [0.2, 0.25) is 0 Å². The normalized spacial score (nSPS) is 22.3. The quantitative estimate of drug-likeness (QED) is 0.913. The Kier molecular flexibility index (Phi) is 4.05. The smallest absolute Gasteiger partial charge is 0.263 e.